The molecule has 1 nitrogen and oxygen atoms in total. The van der Waals surface area contributed by atoms with Gasteiger partial charge in [0.05, 0.1) is 6.10 Å². The highest BCUT2D eigenvalue weighted by Gasteiger charge is 2.32. The van der Waals surface area contributed by atoms with E-state index in [-0.39, 0.29) is 6.10 Å². The van der Waals surface area contributed by atoms with Gasteiger partial charge in [-0.05, 0) is 25.2 Å². The number of hydrogen-bond acceptors (Lipinski definition) is 3. The van der Waals surface area contributed by atoms with E-state index < -0.39 is 0 Å². The van der Waals surface area contributed by atoms with Crippen molar-refractivity contribution in [3.05, 3.63) is 0 Å². The summed E-state index contributed by atoms with van der Waals surface area (Å²) < 4.78 is 0. The van der Waals surface area contributed by atoms with E-state index in [1.807, 2.05) is 11.8 Å². The SMILES string of the molecule is CCC1SCCSC1C(O)CCC1CC1. The molecule has 15 heavy (non-hydrogen) atoms. The Bertz CT molecular complexity index is 194. The van der Waals surface area contributed by atoms with Crippen molar-refractivity contribution in [3.63, 3.8) is 0 Å². The number of rotatable bonds is 5. The summed E-state index contributed by atoms with van der Waals surface area (Å²) in [5.74, 6) is 3.46. The van der Waals surface area contributed by atoms with Crippen LogP contribution < -0.4 is 0 Å². The molecule has 3 unspecified atom stereocenters. The van der Waals surface area contributed by atoms with Gasteiger partial charge in [0, 0.05) is 22.0 Å². The number of hydrogen-bond donors (Lipinski definition) is 1. The van der Waals surface area contributed by atoms with Crippen molar-refractivity contribution in [2.45, 2.75) is 55.6 Å². The predicted molar refractivity (Wildman–Crippen MR) is 70.7 cm³/mol. The topological polar surface area (TPSA) is 20.2 Å². The van der Waals surface area contributed by atoms with Crippen LogP contribution in [0.1, 0.15) is 39.0 Å². The minimum Gasteiger partial charge on any atom is -0.392 e. The molecule has 0 bridgehead atoms. The molecule has 0 aromatic carbocycles. The first-order valence-electron chi connectivity index (χ1n) is 6.22. The second-order valence-corrected chi connectivity index (χ2v) is 7.37. The highest BCUT2D eigenvalue weighted by atomic mass is 32.2. The van der Waals surface area contributed by atoms with E-state index >= 15 is 0 Å². The summed E-state index contributed by atoms with van der Waals surface area (Å²) in [5, 5.41) is 11.4. The van der Waals surface area contributed by atoms with Crippen LogP contribution in [0.4, 0.5) is 0 Å². The van der Waals surface area contributed by atoms with Gasteiger partial charge < -0.3 is 5.11 Å². The van der Waals surface area contributed by atoms with Gasteiger partial charge in [-0.2, -0.15) is 23.5 Å². The summed E-state index contributed by atoms with van der Waals surface area (Å²) >= 11 is 4.07. The fourth-order valence-corrected chi connectivity index (χ4v) is 5.46. The number of aliphatic hydroxyl groups excluding tert-OH is 1. The average Bonchev–Trinajstić information content (AvgIpc) is 3.09. The smallest absolute Gasteiger partial charge is 0.0669 e. The molecule has 1 saturated heterocycles. The van der Waals surface area contributed by atoms with Gasteiger partial charge in [0.15, 0.2) is 0 Å². The Hall–Kier alpha value is 0.660. The van der Waals surface area contributed by atoms with Crippen LogP contribution in [0.15, 0.2) is 0 Å². The third-order valence-corrected chi connectivity index (χ3v) is 6.83. The molecule has 1 saturated carbocycles. The van der Waals surface area contributed by atoms with Crippen LogP contribution in [0.2, 0.25) is 0 Å². The van der Waals surface area contributed by atoms with Crippen molar-refractivity contribution in [2.75, 3.05) is 11.5 Å². The van der Waals surface area contributed by atoms with Crippen LogP contribution >= 0.6 is 23.5 Å². The predicted octanol–water partition coefficient (Wildman–Crippen LogP) is 3.16. The Balaban J connectivity index is 1.76. The molecule has 3 atom stereocenters. The van der Waals surface area contributed by atoms with Gasteiger partial charge in [-0.15, -0.1) is 0 Å². The minimum atomic E-state index is -0.0478. The van der Waals surface area contributed by atoms with Gasteiger partial charge in [0.2, 0.25) is 0 Å². The van der Waals surface area contributed by atoms with Crippen molar-refractivity contribution in [2.24, 2.45) is 5.92 Å². The third-order valence-electron chi connectivity index (χ3n) is 3.44. The van der Waals surface area contributed by atoms with Crippen molar-refractivity contribution in [1.29, 1.82) is 0 Å². The highest BCUT2D eigenvalue weighted by Crippen LogP contribution is 2.39. The van der Waals surface area contributed by atoms with Gasteiger partial charge >= 0.3 is 0 Å². The van der Waals surface area contributed by atoms with E-state index in [9.17, 15) is 5.11 Å². The van der Waals surface area contributed by atoms with E-state index in [1.54, 1.807) is 0 Å². The van der Waals surface area contributed by atoms with E-state index in [1.165, 1.54) is 37.2 Å². The second-order valence-electron chi connectivity index (χ2n) is 4.74. The maximum Gasteiger partial charge on any atom is 0.0669 e. The zero-order chi connectivity index (χ0) is 10.7. The van der Waals surface area contributed by atoms with Crippen molar-refractivity contribution < 1.29 is 5.11 Å². The van der Waals surface area contributed by atoms with Crippen LogP contribution in [0.5, 0.6) is 0 Å². The van der Waals surface area contributed by atoms with E-state index in [0.717, 1.165) is 12.3 Å². The summed E-state index contributed by atoms with van der Waals surface area (Å²) in [7, 11) is 0. The maximum absolute atomic E-state index is 10.2. The highest BCUT2D eigenvalue weighted by molar-refractivity contribution is 8.07. The van der Waals surface area contributed by atoms with Gasteiger partial charge in [0.25, 0.3) is 0 Å². The quantitative estimate of drug-likeness (QED) is 0.804. The Morgan fingerprint density at radius 1 is 1.27 bits per heavy atom. The zero-order valence-corrected chi connectivity index (χ0v) is 11.2. The van der Waals surface area contributed by atoms with E-state index in [2.05, 4.69) is 18.7 Å². The fourth-order valence-electron chi connectivity index (χ4n) is 2.27. The van der Waals surface area contributed by atoms with E-state index in [0.29, 0.717) is 10.5 Å². The second kappa shape index (κ2) is 5.83. The molecule has 88 valence electrons. The standard InChI is InChI=1S/C12H22OS2/c1-2-11-12(15-8-7-14-11)10(13)6-5-9-3-4-9/h9-13H,2-8H2,1H3. The molecule has 2 rings (SSSR count). The van der Waals surface area contributed by atoms with Gasteiger partial charge in [-0.25, -0.2) is 0 Å². The first kappa shape index (κ1) is 12.1. The van der Waals surface area contributed by atoms with Crippen LogP contribution in [-0.4, -0.2) is 33.2 Å². The average molecular weight is 246 g/mol. The molecule has 0 aromatic rings. The van der Waals surface area contributed by atoms with Crippen LogP contribution in [0.25, 0.3) is 0 Å². The number of thioether (sulfide) groups is 2. The van der Waals surface area contributed by atoms with Crippen molar-refractivity contribution in [3.8, 4) is 0 Å². The van der Waals surface area contributed by atoms with Crippen molar-refractivity contribution >= 4 is 23.5 Å². The minimum absolute atomic E-state index is 0.0478. The molecule has 1 aliphatic carbocycles. The van der Waals surface area contributed by atoms with Crippen molar-refractivity contribution in [1.82, 2.24) is 0 Å². The normalized spacial score (nSPS) is 34.0. The van der Waals surface area contributed by atoms with Gasteiger partial charge in [-0.3, -0.25) is 0 Å². The van der Waals surface area contributed by atoms with Crippen LogP contribution in [0, 0.1) is 5.92 Å². The van der Waals surface area contributed by atoms with Crippen LogP contribution in [0.3, 0.4) is 0 Å². The first-order chi connectivity index (χ1) is 7.31. The lowest BCUT2D eigenvalue weighted by Gasteiger charge is -2.33. The third kappa shape index (κ3) is 3.57. The molecular weight excluding hydrogens is 224 g/mol. The summed E-state index contributed by atoms with van der Waals surface area (Å²) in [6.45, 7) is 2.25. The molecule has 0 amide bonds. The number of aliphatic hydroxyl groups is 1. The summed E-state index contributed by atoms with van der Waals surface area (Å²) in [4.78, 5) is 0. The van der Waals surface area contributed by atoms with E-state index in [4.69, 9.17) is 0 Å². The largest absolute Gasteiger partial charge is 0.392 e. The molecule has 2 fully saturated rings. The summed E-state index contributed by atoms with van der Waals surface area (Å²) in [6, 6.07) is 0. The molecule has 1 aliphatic heterocycles. The fraction of sp³-hybridized carbons (Fsp3) is 1.00. The molecule has 0 spiro atoms. The monoisotopic (exact) mass is 246 g/mol. The molecular formula is C12H22OS2. The van der Waals surface area contributed by atoms with Crippen LogP contribution in [-0.2, 0) is 0 Å². The lowest BCUT2D eigenvalue weighted by molar-refractivity contribution is 0.154. The molecule has 3 heteroatoms. The molecule has 2 aliphatic rings. The van der Waals surface area contributed by atoms with Gasteiger partial charge in [-0.1, -0.05) is 19.8 Å². The summed E-state index contributed by atoms with van der Waals surface area (Å²) in [6.07, 6.45) is 6.29. The Labute approximate surface area is 102 Å². The molecule has 1 heterocycles. The lowest BCUT2D eigenvalue weighted by Crippen LogP contribution is -2.36. The molecule has 0 aromatic heterocycles. The summed E-state index contributed by atoms with van der Waals surface area (Å²) in [5.41, 5.74) is 0. The Kier molecular flexibility index (Phi) is 4.71. The molecule has 0 radical (unpaired) electrons. The maximum atomic E-state index is 10.2. The lowest BCUT2D eigenvalue weighted by atomic mass is 10.0. The molecule has 1 N–H and O–H groups in total. The van der Waals surface area contributed by atoms with Gasteiger partial charge in [0.1, 0.15) is 0 Å². The Morgan fingerprint density at radius 2 is 2.00 bits per heavy atom. The first-order valence-corrected chi connectivity index (χ1v) is 8.32. The Morgan fingerprint density at radius 3 is 2.67 bits per heavy atom. The zero-order valence-electron chi connectivity index (χ0n) is 9.52.